The summed E-state index contributed by atoms with van der Waals surface area (Å²) in [5.41, 5.74) is 0. The van der Waals surface area contributed by atoms with Gasteiger partial charge in [0, 0.05) is 0 Å². The summed E-state index contributed by atoms with van der Waals surface area (Å²) in [6, 6.07) is 3.29. The van der Waals surface area contributed by atoms with Gasteiger partial charge in [0.1, 0.15) is 0 Å². The maximum absolute atomic E-state index is 11.6. The van der Waals surface area contributed by atoms with Gasteiger partial charge in [-0.15, -0.1) is 0 Å². The van der Waals surface area contributed by atoms with Gasteiger partial charge >= 0.3 is 125 Å². The Labute approximate surface area is 126 Å². The number of hydrogen-bond donors (Lipinski definition) is 1. The molecule has 0 aromatic carbocycles. The van der Waals surface area contributed by atoms with E-state index >= 15 is 0 Å². The number of nitriles is 1. The Morgan fingerprint density at radius 1 is 0.850 bits per heavy atom. The molecule has 1 N–H and O–H groups in total. The van der Waals surface area contributed by atoms with Gasteiger partial charge in [0.15, 0.2) is 0 Å². The zero-order chi connectivity index (χ0) is 16.1. The summed E-state index contributed by atoms with van der Waals surface area (Å²) in [4.78, 5) is 11.6. The van der Waals surface area contributed by atoms with E-state index in [0.717, 1.165) is 0 Å². The number of rotatable bonds is 8. The first-order chi connectivity index (χ1) is 9.09. The first kappa shape index (κ1) is 19.8. The van der Waals surface area contributed by atoms with Crippen LogP contribution in [0.5, 0.6) is 0 Å². The monoisotopic (exact) mass is 303 g/mol. The zero-order valence-electron chi connectivity index (χ0n) is 14.5. The molecule has 0 rings (SSSR count). The van der Waals surface area contributed by atoms with Crippen LogP contribution < -0.4 is 0 Å². The normalized spacial score (nSPS) is 14.1. The average molecular weight is 303 g/mol. The van der Waals surface area contributed by atoms with Crippen LogP contribution in [-0.2, 0) is 0 Å². The fourth-order valence-corrected chi connectivity index (χ4v) is 8.00. The number of nitrogens with zero attached hydrogens (tertiary/aromatic N) is 3. The fraction of sp³-hybridized carbons (Fsp3) is 0.933. The predicted molar refractivity (Wildman–Crippen MR) is 89.9 cm³/mol. The Balaban J connectivity index is 5.73. The molecule has 5 heteroatoms. The van der Waals surface area contributed by atoms with Crippen LogP contribution in [0.4, 0.5) is 0 Å². The molecular formula is C15H34N3OP. The van der Waals surface area contributed by atoms with Gasteiger partial charge < -0.3 is 0 Å². The van der Waals surface area contributed by atoms with Crippen molar-refractivity contribution in [1.82, 2.24) is 9.34 Å². The summed E-state index contributed by atoms with van der Waals surface area (Å²) >= 11 is 0. The molecule has 0 unspecified atom stereocenters. The Bertz CT molecular complexity index is 288. The molecule has 120 valence electrons. The van der Waals surface area contributed by atoms with Crippen molar-refractivity contribution < 1.29 is 4.89 Å². The molecule has 0 aliphatic heterocycles. The van der Waals surface area contributed by atoms with Crippen LogP contribution in [0.3, 0.4) is 0 Å². The molecule has 0 bridgehead atoms. The van der Waals surface area contributed by atoms with E-state index in [2.05, 4.69) is 70.8 Å². The van der Waals surface area contributed by atoms with Crippen LogP contribution in [0.15, 0.2) is 0 Å². The van der Waals surface area contributed by atoms with Gasteiger partial charge in [-0.05, 0) is 0 Å². The van der Waals surface area contributed by atoms with Crippen LogP contribution >= 0.6 is 7.79 Å². The molecule has 0 aromatic rings. The van der Waals surface area contributed by atoms with Crippen molar-refractivity contribution in [1.29, 1.82) is 5.26 Å². The third-order valence-electron chi connectivity index (χ3n) is 3.62. The van der Waals surface area contributed by atoms with Crippen molar-refractivity contribution in [2.24, 2.45) is 0 Å². The quantitative estimate of drug-likeness (QED) is 0.696. The second kappa shape index (κ2) is 8.29. The molecule has 0 radical (unpaired) electrons. The molecule has 4 nitrogen and oxygen atoms in total. The van der Waals surface area contributed by atoms with Gasteiger partial charge in [-0.2, -0.15) is 0 Å². The molecule has 0 aromatic heterocycles. The van der Waals surface area contributed by atoms with Crippen LogP contribution in [0, 0.1) is 11.3 Å². The third-order valence-corrected chi connectivity index (χ3v) is 8.27. The Morgan fingerprint density at radius 3 is 1.35 bits per heavy atom. The summed E-state index contributed by atoms with van der Waals surface area (Å²) in [5.74, 6) is 0. The van der Waals surface area contributed by atoms with E-state index in [-0.39, 0.29) is 24.2 Å². The van der Waals surface area contributed by atoms with Crippen molar-refractivity contribution in [2.45, 2.75) is 86.0 Å². The second-order valence-corrected chi connectivity index (χ2v) is 9.70. The predicted octanol–water partition coefficient (Wildman–Crippen LogP) is 3.62. The van der Waals surface area contributed by atoms with Crippen LogP contribution in [0.25, 0.3) is 0 Å². The van der Waals surface area contributed by atoms with Gasteiger partial charge in [0.2, 0.25) is 0 Å². The van der Waals surface area contributed by atoms with Crippen LogP contribution in [0.2, 0.25) is 0 Å². The van der Waals surface area contributed by atoms with Crippen LogP contribution in [-0.4, -0.2) is 44.6 Å². The molecule has 0 aliphatic carbocycles. The van der Waals surface area contributed by atoms with E-state index < -0.39 is 7.79 Å². The van der Waals surface area contributed by atoms with Gasteiger partial charge in [-0.3, -0.25) is 0 Å². The Kier molecular flexibility index (Phi) is 8.21. The van der Waals surface area contributed by atoms with Gasteiger partial charge in [-0.1, -0.05) is 0 Å². The molecule has 0 spiro atoms. The summed E-state index contributed by atoms with van der Waals surface area (Å²) in [7, 11) is -2.84. The molecule has 0 saturated heterocycles. The summed E-state index contributed by atoms with van der Waals surface area (Å²) in [6.07, 6.45) is 0.991. The zero-order valence-corrected chi connectivity index (χ0v) is 15.5. The van der Waals surface area contributed by atoms with E-state index in [1.165, 1.54) is 0 Å². The van der Waals surface area contributed by atoms with Crippen molar-refractivity contribution in [3.63, 3.8) is 0 Å². The molecule has 0 heterocycles. The minimum atomic E-state index is -2.84. The van der Waals surface area contributed by atoms with Crippen molar-refractivity contribution in [3.8, 4) is 6.07 Å². The molecule has 0 amide bonds. The topological polar surface area (TPSA) is 50.5 Å². The van der Waals surface area contributed by atoms with Crippen molar-refractivity contribution in [3.05, 3.63) is 0 Å². The van der Waals surface area contributed by atoms with E-state index in [4.69, 9.17) is 5.26 Å². The summed E-state index contributed by atoms with van der Waals surface area (Å²) < 4.78 is 4.51. The molecule has 0 saturated carbocycles. The first-order valence-corrected chi connectivity index (χ1v) is 9.80. The van der Waals surface area contributed by atoms with Gasteiger partial charge in [-0.25, -0.2) is 0 Å². The van der Waals surface area contributed by atoms with E-state index in [9.17, 15) is 4.89 Å². The third kappa shape index (κ3) is 4.67. The first-order valence-electron chi connectivity index (χ1n) is 7.75. The summed E-state index contributed by atoms with van der Waals surface area (Å²) in [5, 5.41) is 8.97. The standard InChI is InChI=1S/C15H34N3OP/c1-12(2)17(13(3)4)20(19,11-9-10-16)18(14(5)6)15(7)8/h12-15,19-20H,9,11H2,1-8H3. The van der Waals surface area contributed by atoms with Gasteiger partial charge in [0.05, 0.1) is 0 Å². The SMILES string of the molecule is CC(C)N(C(C)C)[PH](O)(CCC#N)N(C(C)C)C(C)C. The second-order valence-electron chi connectivity index (χ2n) is 6.62. The summed E-state index contributed by atoms with van der Waals surface area (Å²) in [6.45, 7) is 17.0. The molecule has 0 atom stereocenters. The van der Waals surface area contributed by atoms with Gasteiger partial charge in [0.25, 0.3) is 0 Å². The Hall–Kier alpha value is -0.200. The van der Waals surface area contributed by atoms with E-state index in [1.54, 1.807) is 0 Å². The Morgan fingerprint density at radius 2 is 1.15 bits per heavy atom. The maximum atomic E-state index is 11.6. The van der Waals surface area contributed by atoms with E-state index in [0.29, 0.717) is 12.6 Å². The van der Waals surface area contributed by atoms with E-state index in [1.807, 2.05) is 0 Å². The molecule has 20 heavy (non-hydrogen) atoms. The number of hydrogen-bond acceptors (Lipinski definition) is 4. The van der Waals surface area contributed by atoms with Crippen LogP contribution in [0.1, 0.15) is 61.8 Å². The molecule has 0 fully saturated rings. The minimum absolute atomic E-state index is 0.269. The van der Waals surface area contributed by atoms with Crippen molar-refractivity contribution >= 4 is 7.79 Å². The average Bonchev–Trinajstić information content (AvgIpc) is 2.23. The fourth-order valence-electron chi connectivity index (χ4n) is 3.46. The molecular weight excluding hydrogens is 269 g/mol. The molecule has 0 aliphatic rings. The van der Waals surface area contributed by atoms with Crippen molar-refractivity contribution in [2.75, 3.05) is 6.16 Å².